The molecule has 1 amide bonds. The molecule has 0 saturated carbocycles. The zero-order chi connectivity index (χ0) is 23.1. The number of benzene rings is 3. The van der Waals surface area contributed by atoms with Gasteiger partial charge in [0.25, 0.3) is 0 Å². The number of fused-ring (bicyclic) bond motifs is 4. The third-order valence-electron chi connectivity index (χ3n) is 5.80. The molecule has 0 fully saturated rings. The zero-order valence-corrected chi connectivity index (χ0v) is 17.9. The van der Waals surface area contributed by atoms with Crippen molar-refractivity contribution in [2.75, 3.05) is 6.61 Å². The normalized spacial score (nSPS) is 11.3. The van der Waals surface area contributed by atoms with Crippen LogP contribution in [0.1, 0.15) is 21.5 Å². The Bertz CT molecular complexity index is 1570. The van der Waals surface area contributed by atoms with Crippen LogP contribution < -0.4 is 10.5 Å². The van der Waals surface area contributed by atoms with E-state index in [1.54, 1.807) is 18.3 Å². The number of amides is 1. The topological polar surface area (TPSA) is 107 Å². The van der Waals surface area contributed by atoms with E-state index in [1.807, 2.05) is 18.2 Å². The molecule has 0 aliphatic heterocycles. The molecule has 0 bridgehead atoms. The highest BCUT2D eigenvalue weighted by Gasteiger charge is 2.21. The molecule has 33 heavy (non-hydrogen) atoms. The standard InChI is InChI=1S/C26H21N3O4/c1-15-9-16-5-2-3-6-18(16)17(10-15)13-29-20-8-4-7-19(26(27)32)24(20)25-21(29)11-28-12-22(25)33-14-23(30)31/h2-12H,13-14H2,1H3,(H2,27,32)(H,30,31). The average Bonchev–Trinajstić information content (AvgIpc) is 3.11. The number of carbonyl (C=O) groups excluding carboxylic acids is 1. The van der Waals surface area contributed by atoms with Gasteiger partial charge < -0.3 is 20.1 Å². The molecule has 5 aromatic rings. The highest BCUT2D eigenvalue weighted by Crippen LogP contribution is 2.38. The van der Waals surface area contributed by atoms with Crippen molar-refractivity contribution in [3.63, 3.8) is 0 Å². The van der Waals surface area contributed by atoms with Crippen molar-refractivity contribution in [2.45, 2.75) is 13.5 Å². The first-order chi connectivity index (χ1) is 15.9. The summed E-state index contributed by atoms with van der Waals surface area (Å²) >= 11 is 0. The molecule has 3 N–H and O–H groups in total. The Balaban J connectivity index is 1.81. The number of pyridine rings is 1. The quantitative estimate of drug-likeness (QED) is 0.411. The Morgan fingerprint density at radius 2 is 1.85 bits per heavy atom. The summed E-state index contributed by atoms with van der Waals surface area (Å²) in [6, 6.07) is 17.9. The maximum Gasteiger partial charge on any atom is 0.341 e. The summed E-state index contributed by atoms with van der Waals surface area (Å²) in [6.07, 6.45) is 3.17. The number of aliphatic carboxylic acids is 1. The number of nitrogens with zero attached hydrogens (tertiary/aromatic N) is 2. The van der Waals surface area contributed by atoms with Crippen molar-refractivity contribution in [1.82, 2.24) is 9.55 Å². The lowest BCUT2D eigenvalue weighted by Crippen LogP contribution is -2.11. The maximum atomic E-state index is 12.3. The highest BCUT2D eigenvalue weighted by molar-refractivity contribution is 6.19. The SMILES string of the molecule is Cc1cc(Cn2c3cncc(OCC(=O)O)c3c3c(C(N)=O)cccc32)c2ccccc2c1. The van der Waals surface area contributed by atoms with Gasteiger partial charge in [-0.3, -0.25) is 9.78 Å². The number of carboxylic acids is 1. The van der Waals surface area contributed by atoms with Gasteiger partial charge in [0.1, 0.15) is 5.75 Å². The zero-order valence-electron chi connectivity index (χ0n) is 17.9. The van der Waals surface area contributed by atoms with E-state index in [-0.39, 0.29) is 0 Å². The van der Waals surface area contributed by atoms with E-state index >= 15 is 0 Å². The molecule has 2 aromatic heterocycles. The molecular weight excluding hydrogens is 418 g/mol. The largest absolute Gasteiger partial charge is 0.480 e. The molecular formula is C26H21N3O4. The summed E-state index contributed by atoms with van der Waals surface area (Å²) in [5.74, 6) is -1.37. The predicted molar refractivity (Wildman–Crippen MR) is 127 cm³/mol. The number of aryl methyl sites for hydroxylation is 1. The molecule has 0 atom stereocenters. The summed E-state index contributed by atoms with van der Waals surface area (Å²) in [4.78, 5) is 27.7. The van der Waals surface area contributed by atoms with Crippen LogP contribution in [0.3, 0.4) is 0 Å². The summed E-state index contributed by atoms with van der Waals surface area (Å²) < 4.78 is 7.62. The lowest BCUT2D eigenvalue weighted by atomic mass is 10.0. The lowest BCUT2D eigenvalue weighted by Gasteiger charge is -2.12. The molecule has 164 valence electrons. The van der Waals surface area contributed by atoms with E-state index in [1.165, 1.54) is 6.20 Å². The van der Waals surface area contributed by atoms with Crippen molar-refractivity contribution < 1.29 is 19.4 Å². The highest BCUT2D eigenvalue weighted by atomic mass is 16.5. The minimum Gasteiger partial charge on any atom is -0.480 e. The molecule has 0 radical (unpaired) electrons. The Labute approximate surface area is 189 Å². The summed E-state index contributed by atoms with van der Waals surface area (Å²) in [7, 11) is 0. The summed E-state index contributed by atoms with van der Waals surface area (Å²) in [6.45, 7) is 2.07. The van der Waals surface area contributed by atoms with Gasteiger partial charge in [0.15, 0.2) is 6.61 Å². The molecule has 7 heteroatoms. The molecule has 7 nitrogen and oxygen atoms in total. The Hall–Kier alpha value is -4.39. The van der Waals surface area contributed by atoms with Gasteiger partial charge in [0.2, 0.25) is 5.91 Å². The van der Waals surface area contributed by atoms with E-state index < -0.39 is 18.5 Å². The van der Waals surface area contributed by atoms with Crippen LogP contribution in [-0.4, -0.2) is 33.1 Å². The number of rotatable bonds is 6. The van der Waals surface area contributed by atoms with Crippen LogP contribution in [0.15, 0.2) is 67.0 Å². The number of hydrogen-bond acceptors (Lipinski definition) is 4. The van der Waals surface area contributed by atoms with Gasteiger partial charge in [-0.2, -0.15) is 0 Å². The molecule has 0 aliphatic carbocycles. The van der Waals surface area contributed by atoms with Crippen molar-refractivity contribution in [2.24, 2.45) is 5.73 Å². The second-order valence-corrected chi connectivity index (χ2v) is 8.01. The Morgan fingerprint density at radius 1 is 1.03 bits per heavy atom. The number of ether oxygens (including phenoxy) is 1. The predicted octanol–water partition coefficient (Wildman–Crippen LogP) is 4.26. The molecule has 0 unspecified atom stereocenters. The van der Waals surface area contributed by atoms with Gasteiger partial charge in [-0.25, -0.2) is 4.79 Å². The minimum atomic E-state index is -1.10. The van der Waals surface area contributed by atoms with E-state index in [2.05, 4.69) is 40.7 Å². The van der Waals surface area contributed by atoms with Gasteiger partial charge in [-0.05, 0) is 35.4 Å². The molecule has 5 rings (SSSR count). The van der Waals surface area contributed by atoms with Gasteiger partial charge in [-0.15, -0.1) is 0 Å². The monoisotopic (exact) mass is 439 g/mol. The first-order valence-corrected chi connectivity index (χ1v) is 10.5. The molecule has 3 aromatic carbocycles. The second-order valence-electron chi connectivity index (χ2n) is 8.01. The van der Waals surface area contributed by atoms with E-state index in [9.17, 15) is 9.59 Å². The first-order valence-electron chi connectivity index (χ1n) is 10.5. The average molecular weight is 439 g/mol. The molecule has 0 saturated heterocycles. The maximum absolute atomic E-state index is 12.3. The van der Waals surface area contributed by atoms with Crippen LogP contribution in [0, 0.1) is 6.92 Å². The van der Waals surface area contributed by atoms with E-state index in [0.717, 1.165) is 32.9 Å². The molecule has 0 spiro atoms. The third-order valence-corrected chi connectivity index (χ3v) is 5.80. The van der Waals surface area contributed by atoms with Crippen LogP contribution in [0.4, 0.5) is 0 Å². The third kappa shape index (κ3) is 3.53. The fourth-order valence-electron chi connectivity index (χ4n) is 4.52. The van der Waals surface area contributed by atoms with Crippen LogP contribution in [0.5, 0.6) is 5.75 Å². The number of carbonyl (C=O) groups is 2. The van der Waals surface area contributed by atoms with E-state index in [4.69, 9.17) is 15.6 Å². The first kappa shape index (κ1) is 20.5. The minimum absolute atomic E-state index is 0.293. The van der Waals surface area contributed by atoms with Crippen LogP contribution in [0.2, 0.25) is 0 Å². The number of carboxylic acid groups (broad SMARTS) is 1. The van der Waals surface area contributed by atoms with Crippen LogP contribution >= 0.6 is 0 Å². The number of aromatic nitrogens is 2. The number of hydrogen-bond donors (Lipinski definition) is 2. The Kier molecular flexibility index (Phi) is 4.94. The van der Waals surface area contributed by atoms with Crippen molar-refractivity contribution in [3.8, 4) is 5.75 Å². The van der Waals surface area contributed by atoms with E-state index in [0.29, 0.717) is 28.6 Å². The van der Waals surface area contributed by atoms with Gasteiger partial charge in [-0.1, -0.05) is 48.0 Å². The number of nitrogens with two attached hydrogens (primary N) is 1. The van der Waals surface area contributed by atoms with Crippen LogP contribution in [0.25, 0.3) is 32.6 Å². The van der Waals surface area contributed by atoms with Gasteiger partial charge in [0, 0.05) is 17.5 Å². The molecule has 2 heterocycles. The fraction of sp³-hybridized carbons (Fsp3) is 0.115. The molecule has 0 aliphatic rings. The van der Waals surface area contributed by atoms with Crippen molar-refractivity contribution in [1.29, 1.82) is 0 Å². The second kappa shape index (κ2) is 7.94. The lowest BCUT2D eigenvalue weighted by molar-refractivity contribution is -0.139. The van der Waals surface area contributed by atoms with Crippen molar-refractivity contribution >= 4 is 44.5 Å². The van der Waals surface area contributed by atoms with Crippen LogP contribution in [-0.2, 0) is 11.3 Å². The summed E-state index contributed by atoms with van der Waals surface area (Å²) in [5.41, 5.74) is 9.83. The number of primary amides is 1. The fourth-order valence-corrected chi connectivity index (χ4v) is 4.52. The Morgan fingerprint density at radius 3 is 2.64 bits per heavy atom. The smallest absolute Gasteiger partial charge is 0.341 e. The summed E-state index contributed by atoms with van der Waals surface area (Å²) in [5, 5.41) is 12.6. The van der Waals surface area contributed by atoms with Gasteiger partial charge in [0.05, 0.1) is 28.8 Å². The van der Waals surface area contributed by atoms with Gasteiger partial charge >= 0.3 is 5.97 Å². The van der Waals surface area contributed by atoms with Crippen molar-refractivity contribution in [3.05, 3.63) is 83.7 Å².